The quantitative estimate of drug-likeness (QED) is 0.864. The Morgan fingerprint density at radius 2 is 1.92 bits per heavy atom. The lowest BCUT2D eigenvalue weighted by molar-refractivity contribution is -0.137. The van der Waals surface area contributed by atoms with Crippen LogP contribution in [0.1, 0.15) is 34.6 Å². The Hall–Kier alpha value is -2.24. The molecule has 1 aromatic carbocycles. The summed E-state index contributed by atoms with van der Waals surface area (Å²) in [6, 6.07) is 3.28. The van der Waals surface area contributed by atoms with E-state index in [0.29, 0.717) is 12.1 Å². The van der Waals surface area contributed by atoms with Crippen LogP contribution in [0.5, 0.6) is 0 Å². The third-order valence-electron chi connectivity index (χ3n) is 3.59. The van der Waals surface area contributed by atoms with Crippen molar-refractivity contribution in [3.05, 3.63) is 45.5 Å². The monoisotopic (exact) mass is 388 g/mol. The number of nitriles is 1. The van der Waals surface area contributed by atoms with Gasteiger partial charge in [0.2, 0.25) is 0 Å². The average Bonchev–Trinajstić information content (AvgIpc) is 3.22. The van der Waals surface area contributed by atoms with Crippen LogP contribution in [-0.4, -0.2) is 21.5 Å². The third-order valence-corrected chi connectivity index (χ3v) is 4.16. The zero-order valence-corrected chi connectivity index (χ0v) is 13.9. The van der Waals surface area contributed by atoms with Crippen LogP contribution in [0.3, 0.4) is 0 Å². The third kappa shape index (κ3) is 3.43. The van der Waals surface area contributed by atoms with Gasteiger partial charge in [-0.25, -0.2) is 4.98 Å². The second kappa shape index (κ2) is 6.24. The van der Waals surface area contributed by atoms with E-state index < -0.39 is 17.6 Å². The molecular weight excluding hydrogens is 380 g/mol. The lowest BCUT2D eigenvalue weighted by atomic mass is 10.2. The Bertz CT molecular complexity index is 874. The summed E-state index contributed by atoms with van der Waals surface area (Å²) in [4.78, 5) is 16.0. The van der Waals surface area contributed by atoms with E-state index in [0.717, 1.165) is 23.7 Å². The van der Waals surface area contributed by atoms with Crippen molar-refractivity contribution >= 4 is 29.1 Å². The number of nitrogens with zero attached hydrogens (tertiary/aromatic N) is 3. The van der Waals surface area contributed by atoms with E-state index in [4.69, 9.17) is 23.2 Å². The van der Waals surface area contributed by atoms with Crippen molar-refractivity contribution < 1.29 is 18.0 Å². The number of amides is 1. The number of carbonyl (C=O) groups is 1. The standard InChI is InChI=1S/C15H9Cl2F3N4O/c16-9-3-7(15(18,19)20)4-10(17)13(9)24-6-22-12(11(24)5-21)14(25)23-8-1-2-8/h3-4,6,8H,1-2H2,(H,23,25). The summed E-state index contributed by atoms with van der Waals surface area (Å²) in [5.41, 5.74) is -1.37. The van der Waals surface area contributed by atoms with Gasteiger partial charge >= 0.3 is 6.18 Å². The fourth-order valence-electron chi connectivity index (χ4n) is 2.23. The van der Waals surface area contributed by atoms with Crippen molar-refractivity contribution in [1.29, 1.82) is 5.26 Å². The van der Waals surface area contributed by atoms with E-state index in [1.165, 1.54) is 0 Å². The van der Waals surface area contributed by atoms with Crippen molar-refractivity contribution in [2.75, 3.05) is 0 Å². The molecule has 130 valence electrons. The molecule has 1 heterocycles. The normalized spacial score (nSPS) is 14.2. The molecule has 1 aromatic heterocycles. The van der Waals surface area contributed by atoms with Crippen LogP contribution in [0.2, 0.25) is 10.0 Å². The second-order valence-corrected chi connectivity index (χ2v) is 6.27. The first-order valence-electron chi connectivity index (χ1n) is 7.07. The predicted molar refractivity (Wildman–Crippen MR) is 83.8 cm³/mol. The fraction of sp³-hybridized carbons (Fsp3) is 0.267. The minimum absolute atomic E-state index is 0.0501. The molecule has 2 aromatic rings. The number of halogens is 5. The zero-order chi connectivity index (χ0) is 18.4. The minimum atomic E-state index is -4.62. The number of alkyl halides is 3. The molecule has 1 N–H and O–H groups in total. The van der Waals surface area contributed by atoms with Crippen LogP contribution in [0.15, 0.2) is 18.5 Å². The van der Waals surface area contributed by atoms with Crippen LogP contribution in [0, 0.1) is 11.3 Å². The molecule has 1 saturated carbocycles. The van der Waals surface area contributed by atoms with Gasteiger partial charge in [0.15, 0.2) is 11.4 Å². The number of rotatable bonds is 3. The van der Waals surface area contributed by atoms with E-state index in [1.54, 1.807) is 0 Å². The van der Waals surface area contributed by atoms with Gasteiger partial charge < -0.3 is 5.32 Å². The van der Waals surface area contributed by atoms with Gasteiger partial charge in [0.05, 0.1) is 21.3 Å². The smallest absolute Gasteiger partial charge is 0.348 e. The van der Waals surface area contributed by atoms with Crippen LogP contribution < -0.4 is 5.32 Å². The highest BCUT2D eigenvalue weighted by Crippen LogP contribution is 2.38. The summed E-state index contributed by atoms with van der Waals surface area (Å²) < 4.78 is 39.6. The van der Waals surface area contributed by atoms with Crippen molar-refractivity contribution in [2.45, 2.75) is 25.1 Å². The second-order valence-electron chi connectivity index (χ2n) is 5.46. The van der Waals surface area contributed by atoms with Crippen molar-refractivity contribution in [1.82, 2.24) is 14.9 Å². The lowest BCUT2D eigenvalue weighted by Crippen LogP contribution is -2.26. The predicted octanol–water partition coefficient (Wildman–Crippen LogP) is 3.96. The molecule has 0 unspecified atom stereocenters. The van der Waals surface area contributed by atoms with Crippen LogP contribution in [-0.2, 0) is 6.18 Å². The molecule has 1 aliphatic carbocycles. The number of nitrogens with one attached hydrogen (secondary N) is 1. The molecule has 10 heteroatoms. The van der Waals surface area contributed by atoms with Crippen LogP contribution in [0.25, 0.3) is 5.69 Å². The summed E-state index contributed by atoms with van der Waals surface area (Å²) in [5.74, 6) is -0.531. The van der Waals surface area contributed by atoms with E-state index in [9.17, 15) is 23.2 Å². The molecule has 0 bridgehead atoms. The van der Waals surface area contributed by atoms with Gasteiger partial charge in [-0.15, -0.1) is 0 Å². The number of hydrogen-bond acceptors (Lipinski definition) is 3. The summed E-state index contributed by atoms with van der Waals surface area (Å²) in [7, 11) is 0. The van der Waals surface area contributed by atoms with Gasteiger partial charge in [-0.05, 0) is 25.0 Å². The first-order valence-corrected chi connectivity index (χ1v) is 7.83. The van der Waals surface area contributed by atoms with Gasteiger partial charge in [-0.3, -0.25) is 9.36 Å². The minimum Gasteiger partial charge on any atom is -0.348 e. The number of carbonyl (C=O) groups excluding carboxylic acids is 1. The molecule has 1 aliphatic rings. The number of benzene rings is 1. The summed E-state index contributed by atoms with van der Waals surface area (Å²) >= 11 is 11.9. The summed E-state index contributed by atoms with van der Waals surface area (Å²) in [5, 5.41) is 11.4. The topological polar surface area (TPSA) is 70.7 Å². The van der Waals surface area contributed by atoms with E-state index in [-0.39, 0.29) is 33.2 Å². The average molecular weight is 389 g/mol. The molecule has 0 radical (unpaired) electrons. The lowest BCUT2D eigenvalue weighted by Gasteiger charge is -2.13. The number of imidazole rings is 1. The largest absolute Gasteiger partial charge is 0.416 e. The Morgan fingerprint density at radius 1 is 1.32 bits per heavy atom. The number of aromatic nitrogens is 2. The molecule has 3 rings (SSSR count). The maximum atomic E-state index is 12.8. The highest BCUT2D eigenvalue weighted by atomic mass is 35.5. The molecule has 0 aliphatic heterocycles. The first-order chi connectivity index (χ1) is 11.7. The van der Waals surface area contributed by atoms with Gasteiger partial charge in [-0.2, -0.15) is 18.4 Å². The Morgan fingerprint density at radius 3 is 2.40 bits per heavy atom. The maximum absolute atomic E-state index is 12.8. The molecule has 5 nitrogen and oxygen atoms in total. The SMILES string of the molecule is N#Cc1c(C(=O)NC2CC2)ncn1-c1c(Cl)cc(C(F)(F)F)cc1Cl. The molecule has 0 atom stereocenters. The first kappa shape index (κ1) is 17.6. The van der Waals surface area contributed by atoms with E-state index in [2.05, 4.69) is 10.3 Å². The summed E-state index contributed by atoms with van der Waals surface area (Å²) in [6.07, 6.45) is -1.79. The Balaban J connectivity index is 2.07. The highest BCUT2D eigenvalue weighted by molar-refractivity contribution is 6.38. The van der Waals surface area contributed by atoms with Crippen molar-refractivity contribution in [2.24, 2.45) is 0 Å². The van der Waals surface area contributed by atoms with Crippen molar-refractivity contribution in [3.8, 4) is 11.8 Å². The zero-order valence-electron chi connectivity index (χ0n) is 12.4. The molecule has 0 spiro atoms. The molecule has 1 amide bonds. The van der Waals surface area contributed by atoms with Crippen LogP contribution in [0.4, 0.5) is 13.2 Å². The van der Waals surface area contributed by atoms with Gasteiger partial charge in [-0.1, -0.05) is 23.2 Å². The van der Waals surface area contributed by atoms with E-state index >= 15 is 0 Å². The maximum Gasteiger partial charge on any atom is 0.416 e. The molecule has 25 heavy (non-hydrogen) atoms. The fourth-order valence-corrected chi connectivity index (χ4v) is 2.90. The van der Waals surface area contributed by atoms with Gasteiger partial charge in [0, 0.05) is 6.04 Å². The van der Waals surface area contributed by atoms with E-state index in [1.807, 2.05) is 6.07 Å². The summed E-state index contributed by atoms with van der Waals surface area (Å²) in [6.45, 7) is 0. The van der Waals surface area contributed by atoms with Crippen LogP contribution >= 0.6 is 23.2 Å². The van der Waals surface area contributed by atoms with Gasteiger partial charge in [0.1, 0.15) is 12.4 Å². The number of hydrogen-bond donors (Lipinski definition) is 1. The molecule has 0 saturated heterocycles. The van der Waals surface area contributed by atoms with Gasteiger partial charge in [0.25, 0.3) is 5.91 Å². The molecule has 1 fully saturated rings. The Kier molecular flexibility index (Phi) is 4.39. The molecular formula is C15H9Cl2F3N4O. The highest BCUT2D eigenvalue weighted by Gasteiger charge is 2.33. The van der Waals surface area contributed by atoms with Crippen molar-refractivity contribution in [3.63, 3.8) is 0 Å². The Labute approximate surface area is 150 Å².